The van der Waals surface area contributed by atoms with Crippen LogP contribution in [0.5, 0.6) is 0 Å². The van der Waals surface area contributed by atoms with Crippen LogP contribution in [0.4, 0.5) is 5.69 Å². The van der Waals surface area contributed by atoms with Gasteiger partial charge in [0.05, 0.1) is 6.04 Å². The van der Waals surface area contributed by atoms with Gasteiger partial charge in [0.1, 0.15) is 0 Å². The zero-order valence-corrected chi connectivity index (χ0v) is 15.8. The van der Waals surface area contributed by atoms with Crippen molar-refractivity contribution in [1.29, 1.82) is 0 Å². The number of amides is 2. The number of rotatable bonds is 8. The van der Waals surface area contributed by atoms with Crippen molar-refractivity contribution in [1.82, 2.24) is 5.32 Å². The predicted molar refractivity (Wildman–Crippen MR) is 109 cm³/mol. The molecule has 5 heteroatoms. The van der Waals surface area contributed by atoms with Crippen LogP contribution in [0.15, 0.2) is 72.8 Å². The van der Waals surface area contributed by atoms with Crippen LogP contribution in [0, 0.1) is 0 Å². The maximum atomic E-state index is 12.4. The topological polar surface area (TPSA) is 75.4 Å². The van der Waals surface area contributed by atoms with E-state index in [4.69, 9.17) is 5.73 Å². The van der Waals surface area contributed by atoms with Crippen molar-refractivity contribution in [3.63, 3.8) is 0 Å². The molecule has 27 heavy (non-hydrogen) atoms. The number of carbonyl (C=O) groups excluding carboxylic acids is 2. The second kappa shape index (κ2) is 10.3. The molecule has 142 valence electrons. The Bertz CT molecular complexity index is 758. The van der Waals surface area contributed by atoms with Gasteiger partial charge < -0.3 is 16.0 Å². The van der Waals surface area contributed by atoms with Crippen LogP contribution >= 0.6 is 0 Å². The van der Waals surface area contributed by atoms with E-state index in [1.165, 1.54) is 11.6 Å². The highest BCUT2D eigenvalue weighted by molar-refractivity contribution is 6.01. The lowest BCUT2D eigenvalue weighted by Gasteiger charge is -2.18. The van der Waals surface area contributed by atoms with Gasteiger partial charge in [-0.25, -0.2) is 0 Å². The van der Waals surface area contributed by atoms with E-state index >= 15 is 0 Å². The van der Waals surface area contributed by atoms with Crippen molar-refractivity contribution in [2.24, 2.45) is 5.73 Å². The van der Waals surface area contributed by atoms with E-state index in [0.29, 0.717) is 6.42 Å². The van der Waals surface area contributed by atoms with E-state index in [1.807, 2.05) is 60.7 Å². The molecule has 2 rings (SSSR count). The first-order chi connectivity index (χ1) is 13.0. The molecular formula is C22H27N3O2. The Labute approximate surface area is 160 Å². The van der Waals surface area contributed by atoms with Gasteiger partial charge in [0.25, 0.3) is 0 Å². The molecular weight excluding hydrogens is 338 g/mol. The zero-order valence-electron chi connectivity index (χ0n) is 15.8. The van der Waals surface area contributed by atoms with E-state index in [-0.39, 0.29) is 17.9 Å². The molecule has 0 aromatic heterocycles. The number of likely N-dealkylation sites (N-methyl/N-ethyl adjacent to an activating group) is 1. The summed E-state index contributed by atoms with van der Waals surface area (Å²) in [5, 5.41) is 2.90. The van der Waals surface area contributed by atoms with Crippen molar-refractivity contribution in [3.8, 4) is 0 Å². The van der Waals surface area contributed by atoms with Gasteiger partial charge in [-0.1, -0.05) is 54.6 Å². The molecule has 0 saturated heterocycles. The molecule has 2 aromatic rings. The predicted octanol–water partition coefficient (Wildman–Crippen LogP) is 2.67. The number of aryl methyl sites for hydroxylation is 1. The molecule has 2 aromatic carbocycles. The third-order valence-corrected chi connectivity index (χ3v) is 4.27. The summed E-state index contributed by atoms with van der Waals surface area (Å²) in [5.41, 5.74) is 7.65. The Morgan fingerprint density at radius 2 is 1.67 bits per heavy atom. The molecule has 0 heterocycles. The number of para-hydroxylation sites is 1. The molecule has 0 radical (unpaired) electrons. The van der Waals surface area contributed by atoms with Crippen molar-refractivity contribution in [3.05, 3.63) is 78.4 Å². The summed E-state index contributed by atoms with van der Waals surface area (Å²) in [4.78, 5) is 26.0. The molecule has 3 N–H and O–H groups in total. The standard InChI is InChI=1S/C22H27N3O2/c1-17(23)22(27)24-19(14-13-18-9-5-3-6-10-18)15-16-21(26)25(2)20-11-7-4-8-12-20/h3-12,15-17,19H,13-14,23H2,1-2H3,(H,24,27). The first-order valence-corrected chi connectivity index (χ1v) is 9.08. The molecule has 0 aliphatic carbocycles. The first-order valence-electron chi connectivity index (χ1n) is 9.08. The van der Waals surface area contributed by atoms with Gasteiger partial charge in [-0.05, 0) is 37.5 Å². The lowest BCUT2D eigenvalue weighted by Crippen LogP contribution is -2.43. The summed E-state index contributed by atoms with van der Waals surface area (Å²) in [6.45, 7) is 1.64. The quantitative estimate of drug-likeness (QED) is 0.706. The van der Waals surface area contributed by atoms with Crippen LogP contribution < -0.4 is 16.0 Å². The number of nitrogens with zero attached hydrogens (tertiary/aromatic N) is 1. The minimum Gasteiger partial charge on any atom is -0.349 e. The third-order valence-electron chi connectivity index (χ3n) is 4.27. The van der Waals surface area contributed by atoms with Crippen molar-refractivity contribution in [2.45, 2.75) is 31.8 Å². The van der Waals surface area contributed by atoms with E-state index < -0.39 is 6.04 Å². The fraction of sp³-hybridized carbons (Fsp3) is 0.273. The van der Waals surface area contributed by atoms with Gasteiger partial charge in [0.15, 0.2) is 0 Å². The van der Waals surface area contributed by atoms with Crippen LogP contribution in [-0.2, 0) is 16.0 Å². The number of carbonyl (C=O) groups is 2. The van der Waals surface area contributed by atoms with Crippen molar-refractivity contribution in [2.75, 3.05) is 11.9 Å². The van der Waals surface area contributed by atoms with E-state index in [1.54, 1.807) is 24.9 Å². The van der Waals surface area contributed by atoms with E-state index in [2.05, 4.69) is 5.32 Å². The van der Waals surface area contributed by atoms with Gasteiger partial charge in [-0.15, -0.1) is 0 Å². The third kappa shape index (κ3) is 6.72. The highest BCUT2D eigenvalue weighted by Gasteiger charge is 2.14. The molecule has 2 amide bonds. The molecule has 0 saturated carbocycles. The normalized spacial score (nSPS) is 13.1. The van der Waals surface area contributed by atoms with Crippen LogP contribution in [0.3, 0.4) is 0 Å². The molecule has 2 atom stereocenters. The first kappa shape index (κ1) is 20.4. The van der Waals surface area contributed by atoms with Crippen LogP contribution in [0.1, 0.15) is 18.9 Å². The van der Waals surface area contributed by atoms with Gasteiger partial charge in [-0.2, -0.15) is 0 Å². The Morgan fingerprint density at radius 3 is 2.26 bits per heavy atom. The number of nitrogens with two attached hydrogens (primary N) is 1. The summed E-state index contributed by atoms with van der Waals surface area (Å²) < 4.78 is 0. The Hall–Kier alpha value is -2.92. The van der Waals surface area contributed by atoms with Gasteiger partial charge in [-0.3, -0.25) is 9.59 Å². The second-order valence-electron chi connectivity index (χ2n) is 6.52. The Morgan fingerprint density at radius 1 is 1.07 bits per heavy atom. The minimum atomic E-state index is -0.597. The zero-order chi connectivity index (χ0) is 19.6. The number of benzene rings is 2. The van der Waals surface area contributed by atoms with E-state index in [9.17, 15) is 9.59 Å². The highest BCUT2D eigenvalue weighted by Crippen LogP contribution is 2.12. The number of anilines is 1. The summed E-state index contributed by atoms with van der Waals surface area (Å²) in [6.07, 6.45) is 4.72. The highest BCUT2D eigenvalue weighted by atomic mass is 16.2. The smallest absolute Gasteiger partial charge is 0.250 e. The van der Waals surface area contributed by atoms with Crippen LogP contribution in [-0.4, -0.2) is 30.9 Å². The maximum Gasteiger partial charge on any atom is 0.250 e. The van der Waals surface area contributed by atoms with Gasteiger partial charge >= 0.3 is 0 Å². The fourth-order valence-electron chi connectivity index (χ4n) is 2.59. The second-order valence-corrected chi connectivity index (χ2v) is 6.52. The van der Waals surface area contributed by atoms with Crippen LogP contribution in [0.25, 0.3) is 0 Å². The van der Waals surface area contributed by atoms with Crippen LogP contribution in [0.2, 0.25) is 0 Å². The summed E-state index contributed by atoms with van der Waals surface area (Å²) in [6, 6.07) is 18.6. The minimum absolute atomic E-state index is 0.152. The van der Waals surface area contributed by atoms with Crippen molar-refractivity contribution < 1.29 is 9.59 Å². The average Bonchev–Trinajstić information content (AvgIpc) is 2.70. The molecule has 0 bridgehead atoms. The maximum absolute atomic E-state index is 12.4. The molecule has 0 fully saturated rings. The average molecular weight is 365 g/mol. The number of nitrogens with one attached hydrogen (secondary N) is 1. The molecule has 2 unspecified atom stereocenters. The molecule has 0 aliphatic heterocycles. The van der Waals surface area contributed by atoms with Gasteiger partial charge in [0, 0.05) is 24.9 Å². The Balaban J connectivity index is 2.04. The number of hydrogen-bond acceptors (Lipinski definition) is 3. The Kier molecular flexibility index (Phi) is 7.77. The lowest BCUT2D eigenvalue weighted by atomic mass is 10.0. The molecule has 5 nitrogen and oxygen atoms in total. The summed E-state index contributed by atoms with van der Waals surface area (Å²) in [7, 11) is 1.72. The molecule has 0 aliphatic rings. The number of hydrogen-bond donors (Lipinski definition) is 2. The fourth-order valence-corrected chi connectivity index (χ4v) is 2.59. The molecule has 0 spiro atoms. The van der Waals surface area contributed by atoms with E-state index in [0.717, 1.165) is 12.1 Å². The largest absolute Gasteiger partial charge is 0.349 e. The van der Waals surface area contributed by atoms with Gasteiger partial charge in [0.2, 0.25) is 11.8 Å². The monoisotopic (exact) mass is 365 g/mol. The van der Waals surface area contributed by atoms with Crippen molar-refractivity contribution >= 4 is 17.5 Å². The SMILES string of the molecule is CC(N)C(=O)NC(C=CC(=O)N(C)c1ccccc1)CCc1ccccc1. The summed E-state index contributed by atoms with van der Waals surface area (Å²) >= 11 is 0. The summed E-state index contributed by atoms with van der Waals surface area (Å²) in [5.74, 6) is -0.387. The lowest BCUT2D eigenvalue weighted by molar-refractivity contribution is -0.122.